The number of ketones is 1. The zero-order chi connectivity index (χ0) is 22.0. The minimum Gasteiger partial charge on any atom is -0.492 e. The maximum atomic E-state index is 13.1. The monoisotopic (exact) mass is 424 g/mol. The standard InChI is InChI=1S/C24H28N2O5/c1-3-21(27)19-5-4-15(12-25-19)10-16-11-18(23-17(14(16)2)6-9-31-23)24(29)26-20-7-8-30-13-22(20)28/h4-5,11-12,20,22,28H,3,6-10,13H2,1-2H3,(H,26,29)/t20-,22-/m0/s1. The Hall–Kier alpha value is -2.77. The fraction of sp³-hybridized carbons (Fsp3) is 0.458. The number of carbonyl (C=O) groups is 2. The van der Waals surface area contributed by atoms with E-state index in [1.54, 1.807) is 12.3 Å². The molecule has 1 amide bonds. The predicted octanol–water partition coefficient (Wildman–Crippen LogP) is 2.39. The van der Waals surface area contributed by atoms with Gasteiger partial charge in [-0.2, -0.15) is 0 Å². The first-order valence-corrected chi connectivity index (χ1v) is 10.8. The second kappa shape index (κ2) is 9.16. The van der Waals surface area contributed by atoms with E-state index in [9.17, 15) is 14.7 Å². The molecular weight excluding hydrogens is 396 g/mol. The normalized spacial score (nSPS) is 20.1. The zero-order valence-electron chi connectivity index (χ0n) is 17.9. The van der Waals surface area contributed by atoms with Crippen molar-refractivity contribution < 1.29 is 24.2 Å². The van der Waals surface area contributed by atoms with Crippen LogP contribution in [-0.4, -0.2) is 53.7 Å². The lowest BCUT2D eigenvalue weighted by Crippen LogP contribution is -2.48. The molecule has 0 bridgehead atoms. The number of nitrogens with one attached hydrogen (secondary N) is 1. The molecule has 2 atom stereocenters. The molecule has 0 aliphatic carbocycles. The van der Waals surface area contributed by atoms with Gasteiger partial charge in [-0.05, 0) is 48.6 Å². The van der Waals surface area contributed by atoms with Gasteiger partial charge >= 0.3 is 0 Å². The van der Waals surface area contributed by atoms with Crippen LogP contribution >= 0.6 is 0 Å². The molecule has 2 aliphatic rings. The van der Waals surface area contributed by atoms with E-state index in [1.165, 1.54) is 0 Å². The van der Waals surface area contributed by atoms with Crippen molar-refractivity contribution in [1.29, 1.82) is 0 Å². The van der Waals surface area contributed by atoms with Gasteiger partial charge in [0, 0.05) is 31.2 Å². The Bertz CT molecular complexity index is 986. The third-order valence-electron chi connectivity index (χ3n) is 6.08. The SMILES string of the molecule is CCC(=O)c1ccc(Cc2cc(C(=O)N[C@H]3CCOC[C@@H]3O)c3c(c2C)CCO3)cn1. The topological polar surface area (TPSA) is 97.8 Å². The minimum absolute atomic E-state index is 0.0201. The second-order valence-corrected chi connectivity index (χ2v) is 8.13. The minimum atomic E-state index is -0.716. The molecule has 2 aliphatic heterocycles. The highest BCUT2D eigenvalue weighted by Gasteiger charge is 2.29. The van der Waals surface area contributed by atoms with Crippen LogP contribution in [0.4, 0.5) is 0 Å². The van der Waals surface area contributed by atoms with Crippen molar-refractivity contribution in [2.75, 3.05) is 19.8 Å². The van der Waals surface area contributed by atoms with E-state index >= 15 is 0 Å². The number of benzene rings is 1. The number of nitrogens with zero attached hydrogens (tertiary/aromatic N) is 1. The van der Waals surface area contributed by atoms with Crippen LogP contribution in [0.3, 0.4) is 0 Å². The summed E-state index contributed by atoms with van der Waals surface area (Å²) in [5.41, 5.74) is 5.14. The number of hydrogen-bond donors (Lipinski definition) is 2. The van der Waals surface area contributed by atoms with Gasteiger partial charge in [-0.15, -0.1) is 0 Å². The lowest BCUT2D eigenvalue weighted by Gasteiger charge is -2.28. The molecule has 1 aromatic carbocycles. The van der Waals surface area contributed by atoms with Crippen LogP contribution in [-0.2, 0) is 17.6 Å². The van der Waals surface area contributed by atoms with Crippen LogP contribution in [0.15, 0.2) is 24.4 Å². The average molecular weight is 424 g/mol. The van der Waals surface area contributed by atoms with Crippen LogP contribution in [0.1, 0.15) is 62.9 Å². The molecule has 0 radical (unpaired) electrons. The Balaban J connectivity index is 1.60. The summed E-state index contributed by atoms with van der Waals surface area (Å²) in [7, 11) is 0. The third-order valence-corrected chi connectivity index (χ3v) is 6.08. The summed E-state index contributed by atoms with van der Waals surface area (Å²) in [5, 5.41) is 13.1. The third kappa shape index (κ3) is 4.48. The van der Waals surface area contributed by atoms with Gasteiger partial charge in [-0.1, -0.05) is 13.0 Å². The van der Waals surface area contributed by atoms with Gasteiger partial charge in [0.2, 0.25) is 0 Å². The fourth-order valence-electron chi connectivity index (χ4n) is 4.18. The number of Topliss-reactive ketones (excluding diaryl/α,β-unsaturated/α-hetero) is 1. The van der Waals surface area contributed by atoms with Crippen molar-refractivity contribution in [3.8, 4) is 5.75 Å². The quantitative estimate of drug-likeness (QED) is 0.691. The molecule has 0 unspecified atom stereocenters. The molecule has 31 heavy (non-hydrogen) atoms. The number of ether oxygens (including phenoxy) is 2. The van der Waals surface area contributed by atoms with E-state index in [0.29, 0.717) is 49.5 Å². The number of pyridine rings is 1. The Morgan fingerprint density at radius 3 is 2.84 bits per heavy atom. The number of aliphatic hydroxyl groups excluding tert-OH is 1. The Morgan fingerprint density at radius 1 is 1.29 bits per heavy atom. The lowest BCUT2D eigenvalue weighted by atomic mass is 9.92. The van der Waals surface area contributed by atoms with Gasteiger partial charge in [0.05, 0.1) is 30.9 Å². The molecule has 1 saturated heterocycles. The highest BCUT2D eigenvalue weighted by atomic mass is 16.5. The molecule has 7 nitrogen and oxygen atoms in total. The van der Waals surface area contributed by atoms with Crippen molar-refractivity contribution in [2.24, 2.45) is 0 Å². The van der Waals surface area contributed by atoms with Crippen LogP contribution in [0.5, 0.6) is 5.75 Å². The first-order chi connectivity index (χ1) is 15.0. The van der Waals surface area contributed by atoms with E-state index in [-0.39, 0.29) is 24.3 Å². The average Bonchev–Trinajstić information content (AvgIpc) is 3.27. The van der Waals surface area contributed by atoms with Gasteiger partial charge in [0.1, 0.15) is 11.4 Å². The molecule has 0 spiro atoms. The molecule has 164 valence electrons. The largest absolute Gasteiger partial charge is 0.492 e. The number of aliphatic hydroxyl groups is 1. The van der Waals surface area contributed by atoms with Crippen LogP contribution < -0.4 is 10.1 Å². The zero-order valence-corrected chi connectivity index (χ0v) is 17.9. The Labute approximate surface area is 181 Å². The Morgan fingerprint density at radius 2 is 2.13 bits per heavy atom. The van der Waals surface area contributed by atoms with E-state index in [0.717, 1.165) is 28.7 Å². The number of hydrogen-bond acceptors (Lipinski definition) is 6. The van der Waals surface area contributed by atoms with Crippen molar-refractivity contribution in [3.05, 3.63) is 57.9 Å². The molecule has 3 heterocycles. The van der Waals surface area contributed by atoms with Gasteiger partial charge < -0.3 is 19.9 Å². The summed E-state index contributed by atoms with van der Waals surface area (Å²) in [5.74, 6) is 0.418. The van der Waals surface area contributed by atoms with Gasteiger partial charge in [0.15, 0.2) is 5.78 Å². The molecule has 1 fully saturated rings. The number of carbonyl (C=O) groups excluding carboxylic acids is 2. The summed E-state index contributed by atoms with van der Waals surface area (Å²) in [6.45, 7) is 5.16. The summed E-state index contributed by atoms with van der Waals surface area (Å²) >= 11 is 0. The van der Waals surface area contributed by atoms with Gasteiger partial charge in [-0.25, -0.2) is 0 Å². The molecule has 4 rings (SSSR count). The van der Waals surface area contributed by atoms with E-state index in [2.05, 4.69) is 17.2 Å². The number of fused-ring (bicyclic) bond motifs is 1. The molecular formula is C24H28N2O5. The highest BCUT2D eigenvalue weighted by Crippen LogP contribution is 2.35. The molecule has 1 aromatic heterocycles. The van der Waals surface area contributed by atoms with Crippen LogP contribution in [0.25, 0.3) is 0 Å². The van der Waals surface area contributed by atoms with E-state index < -0.39 is 6.10 Å². The number of rotatable bonds is 6. The smallest absolute Gasteiger partial charge is 0.255 e. The maximum absolute atomic E-state index is 13.1. The summed E-state index contributed by atoms with van der Waals surface area (Å²) < 4.78 is 11.1. The van der Waals surface area contributed by atoms with E-state index in [4.69, 9.17) is 9.47 Å². The van der Waals surface area contributed by atoms with Crippen molar-refractivity contribution >= 4 is 11.7 Å². The summed E-state index contributed by atoms with van der Waals surface area (Å²) in [4.78, 5) is 29.2. The van der Waals surface area contributed by atoms with Crippen LogP contribution in [0, 0.1) is 6.92 Å². The summed E-state index contributed by atoms with van der Waals surface area (Å²) in [6, 6.07) is 5.21. The summed E-state index contributed by atoms with van der Waals surface area (Å²) in [6.07, 6.45) is 3.38. The number of amides is 1. The maximum Gasteiger partial charge on any atom is 0.255 e. The Kier molecular flexibility index (Phi) is 6.34. The predicted molar refractivity (Wildman–Crippen MR) is 115 cm³/mol. The van der Waals surface area contributed by atoms with E-state index in [1.807, 2.05) is 19.1 Å². The first kappa shape index (κ1) is 21.5. The van der Waals surface area contributed by atoms with Crippen LogP contribution in [0.2, 0.25) is 0 Å². The molecule has 2 N–H and O–H groups in total. The highest BCUT2D eigenvalue weighted by molar-refractivity contribution is 5.98. The second-order valence-electron chi connectivity index (χ2n) is 8.13. The number of aromatic nitrogens is 1. The fourth-order valence-corrected chi connectivity index (χ4v) is 4.18. The molecule has 0 saturated carbocycles. The van der Waals surface area contributed by atoms with Gasteiger partial charge in [-0.3, -0.25) is 14.6 Å². The first-order valence-electron chi connectivity index (χ1n) is 10.8. The molecule has 2 aromatic rings. The van der Waals surface area contributed by atoms with Crippen molar-refractivity contribution in [2.45, 2.75) is 51.7 Å². The molecule has 7 heteroatoms. The van der Waals surface area contributed by atoms with Crippen molar-refractivity contribution in [1.82, 2.24) is 10.3 Å². The van der Waals surface area contributed by atoms with Crippen molar-refractivity contribution in [3.63, 3.8) is 0 Å². The lowest BCUT2D eigenvalue weighted by molar-refractivity contribution is -0.0261. The van der Waals surface area contributed by atoms with Gasteiger partial charge in [0.25, 0.3) is 5.91 Å².